The molecule has 0 saturated carbocycles. The van der Waals surface area contributed by atoms with E-state index in [2.05, 4.69) is 26.6 Å². The lowest BCUT2D eigenvalue weighted by molar-refractivity contribution is 0.140. The Hall–Kier alpha value is -2.18. The van der Waals surface area contributed by atoms with E-state index in [1.807, 2.05) is 24.3 Å². The molecule has 1 aliphatic heterocycles. The van der Waals surface area contributed by atoms with Crippen LogP contribution >= 0.6 is 0 Å². The molecule has 1 saturated heterocycles. The lowest BCUT2D eigenvalue weighted by Gasteiger charge is -2.24. The van der Waals surface area contributed by atoms with E-state index in [0.29, 0.717) is 19.1 Å². The third-order valence-corrected chi connectivity index (χ3v) is 4.70. The van der Waals surface area contributed by atoms with Crippen LogP contribution in [0.4, 0.5) is 4.79 Å². The smallest absolute Gasteiger partial charge is 0.315 e. The van der Waals surface area contributed by atoms with E-state index in [9.17, 15) is 4.79 Å². The predicted octanol–water partition coefficient (Wildman–Crippen LogP) is 2.14. The molecule has 2 heterocycles. The van der Waals surface area contributed by atoms with E-state index in [4.69, 9.17) is 4.74 Å². The number of carbonyl (C=O) groups excluding carboxylic acids is 1. The van der Waals surface area contributed by atoms with Crippen molar-refractivity contribution in [3.05, 3.63) is 42.1 Å². The van der Waals surface area contributed by atoms with E-state index >= 15 is 0 Å². The van der Waals surface area contributed by atoms with Crippen LogP contribution in [0.3, 0.4) is 0 Å². The standard InChI is InChI=1S/C19H26N4O2/c1-25-11-10-23-9-3-5-17(23)14-22-19(24)21-13-15-6-7-18-16(12-15)4-2-8-20-18/h2,4,6-8,12,17H,3,5,9-11,13-14H2,1H3,(H2,21,22,24)/t17-/m0/s1. The van der Waals surface area contributed by atoms with Gasteiger partial charge in [0.1, 0.15) is 0 Å². The van der Waals surface area contributed by atoms with Gasteiger partial charge < -0.3 is 15.4 Å². The number of urea groups is 1. The minimum absolute atomic E-state index is 0.120. The van der Waals surface area contributed by atoms with Gasteiger partial charge in [0.25, 0.3) is 0 Å². The Balaban J connectivity index is 1.44. The summed E-state index contributed by atoms with van der Waals surface area (Å²) in [5.41, 5.74) is 2.03. The van der Waals surface area contributed by atoms with Gasteiger partial charge in [0, 0.05) is 44.4 Å². The van der Waals surface area contributed by atoms with Crippen molar-refractivity contribution in [2.75, 3.05) is 33.4 Å². The van der Waals surface area contributed by atoms with Crippen molar-refractivity contribution < 1.29 is 9.53 Å². The monoisotopic (exact) mass is 342 g/mol. The summed E-state index contributed by atoms with van der Waals surface area (Å²) in [5.74, 6) is 0. The fourth-order valence-electron chi connectivity index (χ4n) is 3.32. The fraction of sp³-hybridized carbons (Fsp3) is 0.474. The van der Waals surface area contributed by atoms with Crippen molar-refractivity contribution in [2.24, 2.45) is 0 Å². The SMILES string of the molecule is COCCN1CCC[C@H]1CNC(=O)NCc1ccc2ncccc2c1. The number of benzene rings is 1. The van der Waals surface area contributed by atoms with Gasteiger partial charge in [-0.25, -0.2) is 4.79 Å². The quantitative estimate of drug-likeness (QED) is 0.809. The highest BCUT2D eigenvalue weighted by Gasteiger charge is 2.24. The van der Waals surface area contributed by atoms with Crippen molar-refractivity contribution >= 4 is 16.9 Å². The number of ether oxygens (including phenoxy) is 1. The highest BCUT2D eigenvalue weighted by atomic mass is 16.5. The molecule has 0 bridgehead atoms. The lowest BCUT2D eigenvalue weighted by atomic mass is 10.1. The van der Waals surface area contributed by atoms with Crippen LogP contribution in [0.25, 0.3) is 10.9 Å². The van der Waals surface area contributed by atoms with Crippen molar-refractivity contribution in [3.8, 4) is 0 Å². The molecule has 0 radical (unpaired) electrons. The Morgan fingerprint density at radius 3 is 3.16 bits per heavy atom. The molecule has 0 unspecified atom stereocenters. The van der Waals surface area contributed by atoms with Crippen molar-refractivity contribution in [1.29, 1.82) is 0 Å². The van der Waals surface area contributed by atoms with Gasteiger partial charge in [-0.2, -0.15) is 0 Å². The normalized spacial score (nSPS) is 17.7. The molecule has 25 heavy (non-hydrogen) atoms. The second-order valence-electron chi connectivity index (χ2n) is 6.42. The Morgan fingerprint density at radius 2 is 2.28 bits per heavy atom. The number of amides is 2. The molecule has 2 aromatic rings. The van der Waals surface area contributed by atoms with Crippen molar-refractivity contribution in [1.82, 2.24) is 20.5 Å². The number of rotatable bonds is 7. The van der Waals surface area contributed by atoms with Gasteiger partial charge in [0.15, 0.2) is 0 Å². The summed E-state index contributed by atoms with van der Waals surface area (Å²) < 4.78 is 5.15. The van der Waals surface area contributed by atoms with Crippen LogP contribution < -0.4 is 10.6 Å². The van der Waals surface area contributed by atoms with Gasteiger partial charge in [-0.05, 0) is 43.1 Å². The summed E-state index contributed by atoms with van der Waals surface area (Å²) in [7, 11) is 1.72. The largest absolute Gasteiger partial charge is 0.383 e. The number of hydrogen-bond donors (Lipinski definition) is 2. The molecule has 1 atom stereocenters. The van der Waals surface area contributed by atoms with Gasteiger partial charge in [-0.15, -0.1) is 0 Å². The third kappa shape index (κ3) is 4.90. The zero-order chi connectivity index (χ0) is 17.5. The molecule has 6 heteroatoms. The summed E-state index contributed by atoms with van der Waals surface area (Å²) in [4.78, 5) is 18.8. The predicted molar refractivity (Wildman–Crippen MR) is 98.5 cm³/mol. The van der Waals surface area contributed by atoms with Crippen LogP contribution in [0, 0.1) is 0 Å². The van der Waals surface area contributed by atoms with E-state index in [0.717, 1.165) is 42.6 Å². The molecule has 134 valence electrons. The minimum Gasteiger partial charge on any atom is -0.383 e. The molecule has 1 fully saturated rings. The van der Waals surface area contributed by atoms with Crippen LogP contribution in [0.2, 0.25) is 0 Å². The van der Waals surface area contributed by atoms with Crippen LogP contribution in [0.1, 0.15) is 18.4 Å². The van der Waals surface area contributed by atoms with Crippen LogP contribution in [-0.2, 0) is 11.3 Å². The summed E-state index contributed by atoms with van der Waals surface area (Å²) >= 11 is 0. The molecule has 1 aromatic heterocycles. The maximum Gasteiger partial charge on any atom is 0.315 e. The molecular formula is C19H26N4O2. The molecule has 0 aliphatic carbocycles. The van der Waals surface area contributed by atoms with Crippen LogP contribution in [0.15, 0.2) is 36.5 Å². The van der Waals surface area contributed by atoms with Crippen LogP contribution in [-0.4, -0.2) is 55.3 Å². The molecule has 2 N–H and O–H groups in total. The number of hydrogen-bond acceptors (Lipinski definition) is 4. The fourth-order valence-corrected chi connectivity index (χ4v) is 3.32. The molecule has 1 aromatic carbocycles. The number of nitrogens with one attached hydrogen (secondary N) is 2. The number of pyridine rings is 1. The average molecular weight is 342 g/mol. The summed E-state index contributed by atoms with van der Waals surface area (Å²) in [6, 6.07) is 10.3. The number of methoxy groups -OCH3 is 1. The van der Waals surface area contributed by atoms with E-state index in [-0.39, 0.29) is 6.03 Å². The van der Waals surface area contributed by atoms with Crippen molar-refractivity contribution in [3.63, 3.8) is 0 Å². The van der Waals surface area contributed by atoms with E-state index in [1.165, 1.54) is 6.42 Å². The van der Waals surface area contributed by atoms with Gasteiger partial charge in [-0.1, -0.05) is 12.1 Å². The molecule has 0 spiro atoms. The Bertz CT molecular complexity index is 707. The third-order valence-electron chi connectivity index (χ3n) is 4.70. The molecular weight excluding hydrogens is 316 g/mol. The zero-order valence-corrected chi connectivity index (χ0v) is 14.7. The Morgan fingerprint density at radius 1 is 1.36 bits per heavy atom. The second-order valence-corrected chi connectivity index (χ2v) is 6.42. The number of carbonyl (C=O) groups is 1. The Labute approximate surface area is 148 Å². The van der Waals surface area contributed by atoms with Crippen molar-refractivity contribution in [2.45, 2.75) is 25.4 Å². The minimum atomic E-state index is -0.120. The molecule has 6 nitrogen and oxygen atoms in total. The first-order valence-electron chi connectivity index (χ1n) is 8.84. The first kappa shape index (κ1) is 17.6. The highest BCUT2D eigenvalue weighted by molar-refractivity contribution is 5.79. The summed E-state index contributed by atoms with van der Waals surface area (Å²) in [6.07, 6.45) is 4.09. The van der Waals surface area contributed by atoms with Crippen LogP contribution in [0.5, 0.6) is 0 Å². The number of aromatic nitrogens is 1. The molecule has 3 rings (SSSR count). The van der Waals surface area contributed by atoms with Gasteiger partial charge >= 0.3 is 6.03 Å². The number of likely N-dealkylation sites (tertiary alicyclic amines) is 1. The maximum atomic E-state index is 12.1. The first-order chi connectivity index (χ1) is 12.3. The molecule has 2 amide bonds. The number of fused-ring (bicyclic) bond motifs is 1. The van der Waals surface area contributed by atoms with Gasteiger partial charge in [0.2, 0.25) is 0 Å². The Kier molecular flexibility index (Phi) is 6.19. The zero-order valence-electron chi connectivity index (χ0n) is 14.7. The van der Waals surface area contributed by atoms with Gasteiger partial charge in [-0.3, -0.25) is 9.88 Å². The lowest BCUT2D eigenvalue weighted by Crippen LogP contribution is -2.44. The van der Waals surface area contributed by atoms with E-state index < -0.39 is 0 Å². The highest BCUT2D eigenvalue weighted by Crippen LogP contribution is 2.16. The molecule has 1 aliphatic rings. The summed E-state index contributed by atoms with van der Waals surface area (Å²) in [5, 5.41) is 7.01. The van der Waals surface area contributed by atoms with Gasteiger partial charge in [0.05, 0.1) is 12.1 Å². The second kappa shape index (κ2) is 8.78. The average Bonchev–Trinajstić information content (AvgIpc) is 3.10. The number of nitrogens with zero attached hydrogens (tertiary/aromatic N) is 2. The van der Waals surface area contributed by atoms with E-state index in [1.54, 1.807) is 13.3 Å². The summed E-state index contributed by atoms with van der Waals surface area (Å²) in [6.45, 7) is 3.93. The first-order valence-corrected chi connectivity index (χ1v) is 8.84. The maximum absolute atomic E-state index is 12.1. The topological polar surface area (TPSA) is 66.5 Å².